The monoisotopic (exact) mass is 606 g/mol. The molecule has 5 rings (SSSR count). The van der Waals surface area contributed by atoms with Crippen molar-refractivity contribution in [2.75, 3.05) is 6.54 Å². The number of benzene rings is 1. The van der Waals surface area contributed by atoms with Gasteiger partial charge in [0, 0.05) is 28.6 Å². The number of imidazole rings is 1. The molecule has 1 aliphatic carbocycles. The van der Waals surface area contributed by atoms with Gasteiger partial charge in [-0.05, 0) is 31.9 Å². The van der Waals surface area contributed by atoms with Crippen LogP contribution in [0.4, 0.5) is 17.6 Å². The van der Waals surface area contributed by atoms with E-state index < -0.39 is 36.5 Å². The number of halogens is 5. The predicted octanol–water partition coefficient (Wildman–Crippen LogP) is 6.31. The largest absolute Gasteiger partial charge is 0.406 e. The topological polar surface area (TPSA) is 68.8 Å². The minimum absolute atomic E-state index is 0.148. The van der Waals surface area contributed by atoms with Crippen LogP contribution in [0.5, 0.6) is 0 Å². The van der Waals surface area contributed by atoms with E-state index in [1.807, 2.05) is 13.0 Å². The van der Waals surface area contributed by atoms with Gasteiger partial charge in [0.15, 0.2) is 0 Å². The molecule has 2 aromatic heterocycles. The normalized spacial score (nSPS) is 22.5. The van der Waals surface area contributed by atoms with Gasteiger partial charge >= 0.3 is 6.18 Å². The fourth-order valence-electron chi connectivity index (χ4n) is 5.27. The number of carbonyl (C=O) groups is 1. The van der Waals surface area contributed by atoms with E-state index in [-0.39, 0.29) is 12.3 Å². The first-order valence-electron chi connectivity index (χ1n) is 12.7. The van der Waals surface area contributed by atoms with E-state index in [1.165, 1.54) is 17.1 Å². The first kappa shape index (κ1) is 27.3. The minimum Gasteiger partial charge on any atom is -0.326 e. The Hall–Kier alpha value is -3.28. The second-order valence-electron chi connectivity index (χ2n) is 9.99. The smallest absolute Gasteiger partial charge is 0.326 e. The third-order valence-electron chi connectivity index (χ3n) is 7.19. The lowest BCUT2D eigenvalue weighted by Gasteiger charge is -2.38. The van der Waals surface area contributed by atoms with Crippen LogP contribution in [0.3, 0.4) is 0 Å². The molecule has 3 atom stereocenters. The van der Waals surface area contributed by atoms with Crippen molar-refractivity contribution in [1.82, 2.24) is 29.4 Å². The second-order valence-corrected chi connectivity index (χ2v) is 10.9. The maximum atomic E-state index is 14.9. The molecule has 12 heteroatoms. The summed E-state index contributed by atoms with van der Waals surface area (Å²) < 4.78 is 59.5. The molecule has 0 spiro atoms. The van der Waals surface area contributed by atoms with Crippen LogP contribution < -0.4 is 0 Å². The van der Waals surface area contributed by atoms with E-state index in [0.717, 1.165) is 27.9 Å². The molecule has 1 fully saturated rings. The third kappa shape index (κ3) is 6.15. The van der Waals surface area contributed by atoms with Crippen molar-refractivity contribution in [1.29, 1.82) is 0 Å². The summed E-state index contributed by atoms with van der Waals surface area (Å²) in [5.74, 6) is -1.28. The highest BCUT2D eigenvalue weighted by atomic mass is 79.9. The number of allylic oxidation sites excluding steroid dienone is 2. The van der Waals surface area contributed by atoms with Gasteiger partial charge in [-0.3, -0.25) is 4.79 Å². The molecule has 1 amide bonds. The van der Waals surface area contributed by atoms with Crippen molar-refractivity contribution in [3.8, 4) is 16.9 Å². The summed E-state index contributed by atoms with van der Waals surface area (Å²) in [5.41, 5.74) is 2.00. The molecule has 2 aliphatic rings. The van der Waals surface area contributed by atoms with E-state index in [1.54, 1.807) is 41.2 Å². The van der Waals surface area contributed by atoms with Crippen molar-refractivity contribution in [2.24, 2.45) is 5.92 Å². The highest BCUT2D eigenvalue weighted by molar-refractivity contribution is 9.11. The zero-order chi connectivity index (χ0) is 27.7. The average Bonchev–Trinajstić information content (AvgIpc) is 3.54. The molecule has 3 aromatic rings. The first-order chi connectivity index (χ1) is 18.6. The summed E-state index contributed by atoms with van der Waals surface area (Å²) in [6.07, 6.45) is 8.12. The van der Waals surface area contributed by atoms with Gasteiger partial charge in [-0.15, -0.1) is 5.10 Å². The lowest BCUT2D eigenvalue weighted by molar-refractivity contribution is -0.166. The Balaban J connectivity index is 1.39. The van der Waals surface area contributed by atoms with E-state index in [2.05, 4.69) is 31.2 Å². The molecule has 1 saturated heterocycles. The lowest BCUT2D eigenvalue weighted by atomic mass is 9.87. The molecule has 0 saturated carbocycles. The number of nitrogens with zero attached hydrogens (tertiary/aromatic N) is 6. The van der Waals surface area contributed by atoms with Crippen molar-refractivity contribution in [3.05, 3.63) is 71.1 Å². The molecule has 0 radical (unpaired) electrons. The average molecular weight is 607 g/mol. The Bertz CT molecular complexity index is 1410. The predicted molar refractivity (Wildman–Crippen MR) is 141 cm³/mol. The Morgan fingerprint density at radius 2 is 1.95 bits per heavy atom. The summed E-state index contributed by atoms with van der Waals surface area (Å²) >= 11 is 3.50. The molecule has 1 aromatic carbocycles. The number of carbonyl (C=O) groups excluding carboxylic acids is 1. The van der Waals surface area contributed by atoms with E-state index in [4.69, 9.17) is 0 Å². The van der Waals surface area contributed by atoms with Crippen molar-refractivity contribution < 1.29 is 22.4 Å². The lowest BCUT2D eigenvalue weighted by Crippen LogP contribution is -2.49. The zero-order valence-corrected chi connectivity index (χ0v) is 22.7. The van der Waals surface area contributed by atoms with Crippen LogP contribution in [0.1, 0.15) is 43.8 Å². The second kappa shape index (κ2) is 11.1. The molecular weight excluding hydrogens is 580 g/mol. The first-order valence-corrected chi connectivity index (χ1v) is 13.5. The van der Waals surface area contributed by atoms with Crippen molar-refractivity contribution in [2.45, 2.75) is 57.3 Å². The van der Waals surface area contributed by atoms with Gasteiger partial charge in [0.2, 0.25) is 5.91 Å². The summed E-state index contributed by atoms with van der Waals surface area (Å²) in [7, 11) is 0. The van der Waals surface area contributed by atoms with E-state index in [9.17, 15) is 22.4 Å². The van der Waals surface area contributed by atoms with Crippen LogP contribution in [0.25, 0.3) is 16.9 Å². The minimum atomic E-state index is -4.53. The van der Waals surface area contributed by atoms with Gasteiger partial charge in [-0.25, -0.2) is 14.1 Å². The quantitative estimate of drug-likeness (QED) is 0.326. The number of hydrogen-bond donors (Lipinski definition) is 0. The van der Waals surface area contributed by atoms with E-state index >= 15 is 0 Å². The molecule has 3 unspecified atom stereocenters. The summed E-state index contributed by atoms with van der Waals surface area (Å²) in [6, 6.07) is 3.52. The van der Waals surface area contributed by atoms with Crippen LogP contribution in [0.2, 0.25) is 0 Å². The van der Waals surface area contributed by atoms with Crippen LogP contribution in [-0.4, -0.2) is 54.1 Å². The SMILES string of the molecule is Cc1cn(-c2ccc(-c3cn(C4CCCCC5C(Br)=CC=CC5N(CC(F)(F)F)C(=O)C4)nn3)cc2F)cn1. The van der Waals surface area contributed by atoms with Crippen LogP contribution in [0.15, 0.2) is 59.6 Å². The number of aromatic nitrogens is 5. The number of rotatable bonds is 4. The molecule has 3 heterocycles. The number of amides is 1. The van der Waals surface area contributed by atoms with Gasteiger partial charge in [0.25, 0.3) is 0 Å². The van der Waals surface area contributed by atoms with Crippen molar-refractivity contribution >= 4 is 21.8 Å². The number of aryl methyl sites for hydroxylation is 1. The van der Waals surface area contributed by atoms with E-state index in [0.29, 0.717) is 29.8 Å². The Labute approximate surface area is 231 Å². The summed E-state index contributed by atoms with van der Waals surface area (Å²) in [5, 5.41) is 8.37. The molecule has 0 N–H and O–H groups in total. The van der Waals surface area contributed by atoms with Gasteiger partial charge in [-0.1, -0.05) is 58.3 Å². The standard InChI is InChI=1S/C27H27BrF4N6O/c1-17-13-36(16-33-17)25-10-9-18(11-22(25)29)23-14-38(35-34-23)19-5-2-3-6-20-21(28)7-4-8-24(20)37(26(39)12-19)15-27(30,31)32/h4,7-11,13-14,16,19-20,24H,2-3,5-6,12,15H2,1H3. The Morgan fingerprint density at radius 3 is 2.67 bits per heavy atom. The Kier molecular flexibility index (Phi) is 7.75. The number of alkyl halides is 3. The van der Waals surface area contributed by atoms with Gasteiger partial charge in [-0.2, -0.15) is 13.2 Å². The number of fused-ring (bicyclic) bond motifs is 1. The zero-order valence-electron chi connectivity index (χ0n) is 21.2. The highest BCUT2D eigenvalue weighted by Gasteiger charge is 2.40. The maximum Gasteiger partial charge on any atom is 0.406 e. The van der Waals surface area contributed by atoms with Gasteiger partial charge in [0.05, 0.1) is 36.0 Å². The maximum absolute atomic E-state index is 14.9. The van der Waals surface area contributed by atoms with Gasteiger partial charge in [0.1, 0.15) is 18.1 Å². The molecule has 7 nitrogen and oxygen atoms in total. The van der Waals surface area contributed by atoms with Crippen LogP contribution in [-0.2, 0) is 4.79 Å². The molecule has 206 valence electrons. The summed E-state index contributed by atoms with van der Waals surface area (Å²) in [4.78, 5) is 18.5. The fraction of sp³-hybridized carbons (Fsp3) is 0.407. The highest BCUT2D eigenvalue weighted by Crippen LogP contribution is 2.37. The van der Waals surface area contributed by atoms with Crippen LogP contribution >= 0.6 is 15.9 Å². The Morgan fingerprint density at radius 1 is 1.15 bits per heavy atom. The van der Waals surface area contributed by atoms with Crippen molar-refractivity contribution in [3.63, 3.8) is 0 Å². The number of hydrogen-bond acceptors (Lipinski definition) is 4. The third-order valence-corrected chi connectivity index (χ3v) is 8.04. The van der Waals surface area contributed by atoms with Crippen LogP contribution in [0, 0.1) is 18.7 Å². The fourth-order valence-corrected chi connectivity index (χ4v) is 5.92. The summed E-state index contributed by atoms with van der Waals surface area (Å²) in [6.45, 7) is 0.489. The molecule has 1 aliphatic heterocycles. The van der Waals surface area contributed by atoms with Gasteiger partial charge < -0.3 is 9.47 Å². The molecule has 0 bridgehead atoms. The molecule has 39 heavy (non-hydrogen) atoms. The molecular formula is C27H27BrF4N6O.